The topological polar surface area (TPSA) is 77.5 Å². The van der Waals surface area contributed by atoms with Crippen molar-refractivity contribution in [1.29, 1.82) is 0 Å². The first-order chi connectivity index (χ1) is 12.0. The molecule has 3 aromatic rings. The summed E-state index contributed by atoms with van der Waals surface area (Å²) in [6.45, 7) is 0. The normalized spacial score (nSPS) is 10.9. The Hall–Kier alpha value is -2.94. The van der Waals surface area contributed by atoms with Gasteiger partial charge in [0, 0.05) is 29.8 Å². The highest BCUT2D eigenvalue weighted by Crippen LogP contribution is 2.33. The van der Waals surface area contributed by atoms with Crippen LogP contribution in [0.15, 0.2) is 42.6 Å². The highest BCUT2D eigenvalue weighted by atomic mass is 32.2. The first-order valence-corrected chi connectivity index (χ1v) is 8.16. The fourth-order valence-electron chi connectivity index (χ4n) is 2.23. The van der Waals surface area contributed by atoms with Gasteiger partial charge in [-0.05, 0) is 18.2 Å². The molecule has 0 aliphatic carbocycles. The number of fused-ring (bicyclic) bond motifs is 1. The zero-order chi connectivity index (χ0) is 18.0. The first kappa shape index (κ1) is 16.9. The number of nitrogens with zero attached hydrogens (tertiary/aromatic N) is 1. The van der Waals surface area contributed by atoms with Crippen molar-refractivity contribution < 1.29 is 26.7 Å². The van der Waals surface area contributed by atoms with Crippen LogP contribution in [0.3, 0.4) is 0 Å². The number of hydrogen-bond acceptors (Lipinski definition) is 5. The van der Waals surface area contributed by atoms with E-state index in [2.05, 4.69) is 4.98 Å². The van der Waals surface area contributed by atoms with Crippen LogP contribution in [0.25, 0.3) is 10.9 Å². The number of halogens is 2. The number of ether oxygens (including phenoxy) is 2. The third-order valence-electron chi connectivity index (χ3n) is 3.36. The average molecular weight is 366 g/mol. The summed E-state index contributed by atoms with van der Waals surface area (Å²) in [4.78, 5) is 4.17. The van der Waals surface area contributed by atoms with Gasteiger partial charge in [-0.25, -0.2) is 17.2 Å². The number of anilines is 1. The molecule has 25 heavy (non-hydrogen) atoms. The molecule has 1 N–H and O–H groups in total. The van der Waals surface area contributed by atoms with E-state index in [-0.39, 0.29) is 11.5 Å². The summed E-state index contributed by atoms with van der Waals surface area (Å²) >= 11 is 0. The van der Waals surface area contributed by atoms with E-state index in [1.807, 2.05) is 0 Å². The number of thiol groups is 1. The maximum Gasteiger partial charge on any atom is 0.222 e. The molecule has 0 amide bonds. The highest BCUT2D eigenvalue weighted by Gasteiger charge is 2.14. The van der Waals surface area contributed by atoms with Crippen molar-refractivity contribution in [3.63, 3.8) is 0 Å². The van der Waals surface area contributed by atoms with Crippen molar-refractivity contribution in [3.05, 3.63) is 54.2 Å². The fourth-order valence-corrected chi connectivity index (χ4v) is 2.59. The molecule has 1 aromatic heterocycles. The van der Waals surface area contributed by atoms with E-state index < -0.39 is 28.2 Å². The quantitative estimate of drug-likeness (QED) is 0.678. The molecular formula is C16H12F2N2O4S. The van der Waals surface area contributed by atoms with Crippen molar-refractivity contribution >= 4 is 27.5 Å². The molecule has 6 nitrogen and oxygen atoms in total. The van der Waals surface area contributed by atoms with Crippen molar-refractivity contribution in [2.75, 3.05) is 11.8 Å². The summed E-state index contributed by atoms with van der Waals surface area (Å²) in [5.74, 6) is -1.40. The standard InChI is InChI=1S/C16H12F2N2O4S/c1-23-9-2-3-10-13(6-9)19-5-4-15(10)24-16-8-11(17)14(7-12(16)18)20-25(21)22/h2-8,25H,1H3,(H,20,21,22). The monoisotopic (exact) mass is 366 g/mol. The van der Waals surface area contributed by atoms with E-state index in [9.17, 15) is 17.2 Å². The molecule has 0 radical (unpaired) electrons. The molecule has 0 atom stereocenters. The Morgan fingerprint density at radius 3 is 2.56 bits per heavy atom. The lowest BCUT2D eigenvalue weighted by atomic mass is 10.2. The number of aromatic nitrogens is 1. The van der Waals surface area contributed by atoms with Crippen molar-refractivity contribution in [1.82, 2.24) is 4.98 Å². The lowest BCUT2D eigenvalue weighted by Crippen LogP contribution is -2.00. The summed E-state index contributed by atoms with van der Waals surface area (Å²) < 4.78 is 61.6. The van der Waals surface area contributed by atoms with Crippen molar-refractivity contribution in [3.8, 4) is 17.2 Å². The van der Waals surface area contributed by atoms with Gasteiger partial charge < -0.3 is 9.47 Å². The Morgan fingerprint density at radius 1 is 1.04 bits per heavy atom. The van der Waals surface area contributed by atoms with Crippen LogP contribution in [-0.4, -0.2) is 20.5 Å². The summed E-state index contributed by atoms with van der Waals surface area (Å²) in [5, 5.41) is 0.577. The van der Waals surface area contributed by atoms with Crippen LogP contribution in [0.2, 0.25) is 0 Å². The summed E-state index contributed by atoms with van der Waals surface area (Å²) in [6, 6.07) is 8.03. The van der Waals surface area contributed by atoms with Gasteiger partial charge in [0.2, 0.25) is 10.9 Å². The molecule has 0 saturated heterocycles. The molecule has 0 bridgehead atoms. The highest BCUT2D eigenvalue weighted by molar-refractivity contribution is 7.73. The van der Waals surface area contributed by atoms with Gasteiger partial charge in [-0.15, -0.1) is 0 Å². The number of pyridine rings is 1. The Morgan fingerprint density at radius 2 is 1.84 bits per heavy atom. The van der Waals surface area contributed by atoms with Gasteiger partial charge in [0.1, 0.15) is 11.5 Å². The van der Waals surface area contributed by atoms with E-state index in [0.29, 0.717) is 22.7 Å². The molecule has 2 aromatic carbocycles. The largest absolute Gasteiger partial charge is 0.497 e. The van der Waals surface area contributed by atoms with Gasteiger partial charge >= 0.3 is 0 Å². The van der Waals surface area contributed by atoms with Gasteiger partial charge in [-0.3, -0.25) is 9.71 Å². The lowest BCUT2D eigenvalue weighted by molar-refractivity contribution is 0.415. The van der Waals surface area contributed by atoms with Crippen LogP contribution in [0, 0.1) is 11.6 Å². The molecule has 130 valence electrons. The van der Waals surface area contributed by atoms with E-state index >= 15 is 0 Å². The second kappa shape index (κ2) is 6.89. The Kier molecular flexibility index (Phi) is 4.66. The molecule has 3 rings (SSSR count). The van der Waals surface area contributed by atoms with Crippen LogP contribution in [0.4, 0.5) is 14.5 Å². The molecular weight excluding hydrogens is 354 g/mol. The summed E-state index contributed by atoms with van der Waals surface area (Å²) in [6.07, 6.45) is 1.46. The van der Waals surface area contributed by atoms with Gasteiger partial charge in [0.15, 0.2) is 17.4 Å². The third kappa shape index (κ3) is 3.61. The predicted octanol–water partition coefficient (Wildman–Crippen LogP) is 3.25. The second-order valence-corrected chi connectivity index (χ2v) is 5.66. The maximum absolute atomic E-state index is 14.1. The van der Waals surface area contributed by atoms with Crippen LogP contribution in [0.1, 0.15) is 0 Å². The van der Waals surface area contributed by atoms with E-state index in [1.54, 1.807) is 22.9 Å². The van der Waals surface area contributed by atoms with Crippen LogP contribution in [0.5, 0.6) is 17.2 Å². The minimum Gasteiger partial charge on any atom is -0.497 e. The Bertz CT molecular complexity index is 1020. The van der Waals surface area contributed by atoms with E-state index in [4.69, 9.17) is 9.47 Å². The van der Waals surface area contributed by atoms with Gasteiger partial charge in [0.25, 0.3) is 0 Å². The average Bonchev–Trinajstić information content (AvgIpc) is 2.58. The first-order valence-electron chi connectivity index (χ1n) is 6.98. The van der Waals surface area contributed by atoms with Gasteiger partial charge in [-0.2, -0.15) is 0 Å². The summed E-state index contributed by atoms with van der Waals surface area (Å²) in [7, 11) is -1.59. The minimum atomic E-state index is -3.11. The number of benzene rings is 2. The summed E-state index contributed by atoms with van der Waals surface area (Å²) in [5.41, 5.74) is 0.0599. The Balaban J connectivity index is 2.00. The Labute approximate surface area is 143 Å². The zero-order valence-corrected chi connectivity index (χ0v) is 13.7. The predicted molar refractivity (Wildman–Crippen MR) is 88.7 cm³/mol. The molecule has 0 fully saturated rings. The number of hydrogen-bond donors (Lipinski definition) is 2. The van der Waals surface area contributed by atoms with Crippen molar-refractivity contribution in [2.24, 2.45) is 0 Å². The molecule has 9 heteroatoms. The number of nitrogens with one attached hydrogen (secondary N) is 1. The molecule has 0 aliphatic rings. The van der Waals surface area contributed by atoms with E-state index in [0.717, 1.165) is 6.07 Å². The smallest absolute Gasteiger partial charge is 0.222 e. The maximum atomic E-state index is 14.1. The van der Waals surface area contributed by atoms with Crippen LogP contribution < -0.4 is 14.2 Å². The lowest BCUT2D eigenvalue weighted by Gasteiger charge is -2.11. The van der Waals surface area contributed by atoms with Crippen LogP contribution >= 0.6 is 0 Å². The van der Waals surface area contributed by atoms with Crippen LogP contribution in [-0.2, 0) is 10.9 Å². The second-order valence-electron chi connectivity index (χ2n) is 4.93. The SMILES string of the molecule is COc1ccc2c(Oc3cc(F)c(N[SH](=O)=O)cc3F)ccnc2c1. The van der Waals surface area contributed by atoms with Gasteiger partial charge in [0.05, 0.1) is 18.3 Å². The zero-order valence-electron chi connectivity index (χ0n) is 12.8. The fraction of sp³-hybridized carbons (Fsp3) is 0.0625. The molecule has 0 saturated carbocycles. The van der Waals surface area contributed by atoms with Gasteiger partial charge in [-0.1, -0.05) is 0 Å². The molecule has 1 heterocycles. The van der Waals surface area contributed by atoms with Crippen molar-refractivity contribution in [2.45, 2.75) is 0 Å². The molecule has 0 unspecified atom stereocenters. The molecule has 0 aliphatic heterocycles. The molecule has 0 spiro atoms. The van der Waals surface area contributed by atoms with E-state index in [1.165, 1.54) is 19.4 Å². The minimum absolute atomic E-state index is 0.265. The number of methoxy groups -OCH3 is 1. The number of rotatable bonds is 5. The third-order valence-corrected chi connectivity index (χ3v) is 3.79.